The summed E-state index contributed by atoms with van der Waals surface area (Å²) in [5.74, 6) is 0.363. The first kappa shape index (κ1) is 12.1. The molecule has 2 rings (SSSR count). The van der Waals surface area contributed by atoms with E-state index in [2.05, 4.69) is 49.6 Å². The van der Waals surface area contributed by atoms with E-state index in [1.54, 1.807) is 5.37 Å². The molecular weight excluding hydrogens is 228 g/mol. The monoisotopic (exact) mass is 246 g/mol. The Morgan fingerprint density at radius 1 is 1.35 bits per heavy atom. The second-order valence-corrected chi connectivity index (χ2v) is 4.81. The van der Waals surface area contributed by atoms with Gasteiger partial charge in [0.25, 0.3) is 0 Å². The van der Waals surface area contributed by atoms with Crippen molar-refractivity contribution in [3.63, 3.8) is 0 Å². The van der Waals surface area contributed by atoms with E-state index >= 15 is 0 Å². The first-order valence-electron chi connectivity index (χ1n) is 5.87. The van der Waals surface area contributed by atoms with E-state index in [9.17, 15) is 0 Å². The zero-order valence-corrected chi connectivity index (χ0v) is 11.3. The molecule has 0 radical (unpaired) electrons. The molecule has 0 aliphatic carbocycles. The Morgan fingerprint density at radius 3 is 2.76 bits per heavy atom. The van der Waals surface area contributed by atoms with Crippen molar-refractivity contribution < 1.29 is 0 Å². The average Bonchev–Trinajstić information content (AvgIpc) is 2.80. The lowest BCUT2D eigenvalue weighted by molar-refractivity contribution is 0.687. The van der Waals surface area contributed by atoms with Gasteiger partial charge in [-0.25, -0.2) is 0 Å². The van der Waals surface area contributed by atoms with E-state index in [-0.39, 0.29) is 6.17 Å². The van der Waals surface area contributed by atoms with Gasteiger partial charge in [-0.1, -0.05) is 37.3 Å². The molecule has 2 N–H and O–H groups in total. The fourth-order valence-electron chi connectivity index (χ4n) is 2.18. The van der Waals surface area contributed by atoms with E-state index in [4.69, 9.17) is 12.2 Å². The van der Waals surface area contributed by atoms with Crippen molar-refractivity contribution in [2.75, 3.05) is 0 Å². The average molecular weight is 246 g/mol. The molecule has 1 aromatic rings. The largest absolute Gasteiger partial charge is 0.366 e. The Kier molecular flexibility index (Phi) is 3.48. The number of aryl methyl sites for hydroxylation is 1. The molecule has 2 nitrogen and oxygen atoms in total. The summed E-state index contributed by atoms with van der Waals surface area (Å²) >= 11 is 4.93. The third-order valence-corrected chi connectivity index (χ3v) is 3.73. The van der Waals surface area contributed by atoms with Crippen LogP contribution in [0.25, 0.3) is 0 Å². The molecule has 0 saturated carbocycles. The summed E-state index contributed by atoms with van der Waals surface area (Å²) in [5.41, 5.74) is 5.28. The molecule has 0 saturated heterocycles. The molecule has 0 fully saturated rings. The molecular formula is C14H18N2S. The minimum atomic E-state index is 0.0903. The number of hydrogen-bond donors (Lipinski definition) is 2. The number of thiocarbonyl (C=S) groups is 1. The normalized spacial score (nSPS) is 20.2. The second kappa shape index (κ2) is 4.88. The lowest BCUT2D eigenvalue weighted by Gasteiger charge is -2.18. The third kappa shape index (κ3) is 2.34. The fraction of sp³-hybridized carbons (Fsp3) is 0.357. The summed E-state index contributed by atoms with van der Waals surface area (Å²) in [4.78, 5) is 0. The molecule has 3 heteroatoms. The van der Waals surface area contributed by atoms with Crippen molar-refractivity contribution in [3.8, 4) is 0 Å². The molecule has 2 atom stereocenters. The highest BCUT2D eigenvalue weighted by atomic mass is 32.1. The lowest BCUT2D eigenvalue weighted by atomic mass is 9.91. The van der Waals surface area contributed by atoms with Crippen LogP contribution in [0.4, 0.5) is 0 Å². The summed E-state index contributed by atoms with van der Waals surface area (Å²) in [5, 5.41) is 8.29. The Balaban J connectivity index is 2.23. The zero-order valence-electron chi connectivity index (χ0n) is 10.4. The van der Waals surface area contributed by atoms with Gasteiger partial charge in [0.05, 0.1) is 0 Å². The van der Waals surface area contributed by atoms with E-state index in [0.717, 1.165) is 0 Å². The topological polar surface area (TPSA) is 24.1 Å². The zero-order chi connectivity index (χ0) is 12.4. The number of hydrogen-bond acceptors (Lipinski definition) is 3. The van der Waals surface area contributed by atoms with Gasteiger partial charge >= 0.3 is 0 Å². The van der Waals surface area contributed by atoms with Crippen LogP contribution in [-0.4, -0.2) is 11.5 Å². The maximum absolute atomic E-state index is 4.93. The molecule has 1 unspecified atom stereocenters. The van der Waals surface area contributed by atoms with Crippen molar-refractivity contribution in [2.45, 2.75) is 32.9 Å². The summed E-state index contributed by atoms with van der Waals surface area (Å²) in [6.07, 6.45) is 2.12. The lowest BCUT2D eigenvalue weighted by Crippen LogP contribution is -2.33. The molecule has 17 heavy (non-hydrogen) atoms. The highest BCUT2D eigenvalue weighted by Gasteiger charge is 2.20. The molecule has 1 aliphatic rings. The molecule has 0 aromatic heterocycles. The third-order valence-electron chi connectivity index (χ3n) is 3.46. The van der Waals surface area contributed by atoms with Crippen molar-refractivity contribution in [2.24, 2.45) is 0 Å². The van der Waals surface area contributed by atoms with Crippen LogP contribution in [0.15, 0.2) is 30.1 Å². The van der Waals surface area contributed by atoms with Gasteiger partial charge < -0.3 is 10.6 Å². The number of benzene rings is 1. The number of allylic oxidation sites excluding steroid dienone is 1. The van der Waals surface area contributed by atoms with Crippen molar-refractivity contribution in [1.29, 1.82) is 0 Å². The molecule has 1 heterocycles. The second-order valence-electron chi connectivity index (χ2n) is 4.54. The van der Waals surface area contributed by atoms with E-state index in [0.29, 0.717) is 5.92 Å². The van der Waals surface area contributed by atoms with Crippen LogP contribution in [0.1, 0.15) is 29.5 Å². The SMILES string of the molecule is Cc1cccc(C(C)C2=CN[C@H](C=S)N2)c1C. The van der Waals surface area contributed by atoms with Crippen LogP contribution >= 0.6 is 12.2 Å². The van der Waals surface area contributed by atoms with E-state index in [1.165, 1.54) is 22.4 Å². The first-order chi connectivity index (χ1) is 8.13. The highest BCUT2D eigenvalue weighted by molar-refractivity contribution is 7.79. The van der Waals surface area contributed by atoms with Gasteiger partial charge in [0.15, 0.2) is 0 Å². The Morgan fingerprint density at radius 2 is 2.12 bits per heavy atom. The molecule has 1 aliphatic heterocycles. The minimum Gasteiger partial charge on any atom is -0.366 e. The van der Waals surface area contributed by atoms with Crippen molar-refractivity contribution in [3.05, 3.63) is 46.8 Å². The van der Waals surface area contributed by atoms with Crippen LogP contribution in [0, 0.1) is 13.8 Å². The van der Waals surface area contributed by atoms with Crippen molar-refractivity contribution >= 4 is 17.6 Å². The predicted octanol–water partition coefficient (Wildman–Crippen LogP) is 2.77. The number of rotatable bonds is 3. The van der Waals surface area contributed by atoms with Crippen LogP contribution in [0.3, 0.4) is 0 Å². The first-order valence-corrected chi connectivity index (χ1v) is 6.34. The smallest absolute Gasteiger partial charge is 0.126 e. The number of nitrogens with one attached hydrogen (secondary N) is 2. The molecule has 90 valence electrons. The van der Waals surface area contributed by atoms with Gasteiger partial charge in [0.1, 0.15) is 6.17 Å². The minimum absolute atomic E-state index is 0.0903. The van der Waals surface area contributed by atoms with Crippen molar-refractivity contribution in [1.82, 2.24) is 10.6 Å². The maximum Gasteiger partial charge on any atom is 0.126 e. The molecule has 1 aromatic carbocycles. The van der Waals surface area contributed by atoms with Crippen LogP contribution in [0.5, 0.6) is 0 Å². The predicted molar refractivity (Wildman–Crippen MR) is 76.1 cm³/mol. The van der Waals surface area contributed by atoms with Crippen LogP contribution in [-0.2, 0) is 0 Å². The van der Waals surface area contributed by atoms with Gasteiger partial charge in [-0.2, -0.15) is 0 Å². The van der Waals surface area contributed by atoms with Crippen LogP contribution < -0.4 is 10.6 Å². The molecule has 0 bridgehead atoms. The summed E-state index contributed by atoms with van der Waals surface area (Å²) in [6.45, 7) is 6.55. The van der Waals surface area contributed by atoms with E-state index < -0.39 is 0 Å². The Labute approximate surface area is 108 Å². The Bertz CT molecular complexity index is 465. The van der Waals surface area contributed by atoms with Gasteiger partial charge in [0, 0.05) is 23.2 Å². The van der Waals surface area contributed by atoms with Gasteiger partial charge in [-0.05, 0) is 30.5 Å². The Hall–Kier alpha value is -1.35. The standard InChI is InChI=1S/C14H18N2S/c1-9-5-4-6-12(10(9)2)11(3)13-7-15-14(8-17)16-13/h4-8,11,14-16H,1-3H3/t11?,14-/m0/s1. The van der Waals surface area contributed by atoms with Gasteiger partial charge in [-0.15, -0.1) is 0 Å². The molecule has 0 amide bonds. The summed E-state index contributed by atoms with van der Waals surface area (Å²) in [7, 11) is 0. The highest BCUT2D eigenvalue weighted by Crippen LogP contribution is 2.27. The van der Waals surface area contributed by atoms with Gasteiger partial charge in [-0.3, -0.25) is 0 Å². The van der Waals surface area contributed by atoms with Crippen LogP contribution in [0.2, 0.25) is 0 Å². The molecule has 0 spiro atoms. The van der Waals surface area contributed by atoms with Gasteiger partial charge in [0.2, 0.25) is 0 Å². The summed E-state index contributed by atoms with van der Waals surface area (Å²) < 4.78 is 0. The van der Waals surface area contributed by atoms with E-state index in [1.807, 2.05) is 6.20 Å². The fourth-order valence-corrected chi connectivity index (χ4v) is 2.32. The summed E-state index contributed by atoms with van der Waals surface area (Å²) in [6, 6.07) is 6.47. The quantitative estimate of drug-likeness (QED) is 0.802. The maximum atomic E-state index is 4.93.